The Hall–Kier alpha value is -1.55. The molecule has 1 amide bonds. The summed E-state index contributed by atoms with van der Waals surface area (Å²) in [5.41, 5.74) is 1.15. The van der Waals surface area contributed by atoms with Crippen LogP contribution in [-0.4, -0.2) is 29.9 Å². The zero-order valence-corrected chi connectivity index (χ0v) is 11.8. The fraction of sp³-hybridized carbons (Fsp3) is 0.286. The number of nitrogens with zero attached hydrogens (tertiary/aromatic N) is 2. The van der Waals surface area contributed by atoms with Crippen LogP contribution >= 0.6 is 11.8 Å². The van der Waals surface area contributed by atoms with Crippen molar-refractivity contribution in [3.05, 3.63) is 47.4 Å². The lowest BCUT2D eigenvalue weighted by Gasteiger charge is -2.11. The van der Waals surface area contributed by atoms with Gasteiger partial charge >= 0.3 is 0 Å². The van der Waals surface area contributed by atoms with Crippen molar-refractivity contribution >= 4 is 22.7 Å². The molecule has 0 aliphatic carbocycles. The van der Waals surface area contributed by atoms with E-state index in [0.29, 0.717) is 11.4 Å². The van der Waals surface area contributed by atoms with E-state index in [2.05, 4.69) is 11.6 Å². The zero-order chi connectivity index (χ0) is 13.5. The summed E-state index contributed by atoms with van der Waals surface area (Å²) in [4.78, 5) is 18.0. The fourth-order valence-electron chi connectivity index (χ4n) is 1.29. The lowest BCUT2D eigenvalue weighted by atomic mass is 10.2. The monoisotopic (exact) mass is 262 g/mol. The Morgan fingerprint density at radius 2 is 1.94 bits per heavy atom. The minimum absolute atomic E-state index is 0.0748. The summed E-state index contributed by atoms with van der Waals surface area (Å²) in [5.74, 6) is -0.0748. The van der Waals surface area contributed by atoms with Crippen molar-refractivity contribution in [2.24, 2.45) is 4.99 Å². The molecule has 96 valence electrons. The number of carbonyl (C=O) groups is 1. The first-order chi connectivity index (χ1) is 8.50. The molecule has 4 heteroatoms. The third-order valence-corrected chi connectivity index (χ3v) is 3.09. The normalized spacial score (nSPS) is 11.2. The van der Waals surface area contributed by atoms with Crippen molar-refractivity contribution in [3.63, 3.8) is 0 Å². The summed E-state index contributed by atoms with van der Waals surface area (Å²) < 4.78 is 0. The first-order valence-corrected chi connectivity index (χ1v) is 6.45. The van der Waals surface area contributed by atoms with Crippen LogP contribution in [0.5, 0.6) is 0 Å². The van der Waals surface area contributed by atoms with Crippen LogP contribution in [0.3, 0.4) is 0 Å². The molecule has 0 N–H and O–H groups in total. The number of hydrogen-bond donors (Lipinski definition) is 0. The van der Waals surface area contributed by atoms with E-state index in [0.717, 1.165) is 10.6 Å². The van der Waals surface area contributed by atoms with Crippen molar-refractivity contribution < 1.29 is 4.79 Å². The van der Waals surface area contributed by atoms with Gasteiger partial charge in [0, 0.05) is 14.1 Å². The number of benzene rings is 1. The highest BCUT2D eigenvalue weighted by Crippen LogP contribution is 2.17. The van der Waals surface area contributed by atoms with E-state index in [9.17, 15) is 4.79 Å². The Bertz CT molecular complexity index is 452. The summed E-state index contributed by atoms with van der Waals surface area (Å²) in [7, 11) is 3.43. The van der Waals surface area contributed by atoms with Gasteiger partial charge in [0.1, 0.15) is 0 Å². The largest absolute Gasteiger partial charge is 0.344 e. The van der Waals surface area contributed by atoms with Crippen LogP contribution in [0.25, 0.3) is 0 Å². The Balaban J connectivity index is 2.53. The van der Waals surface area contributed by atoms with Crippen LogP contribution in [0.4, 0.5) is 0 Å². The predicted octanol–water partition coefficient (Wildman–Crippen LogP) is 2.94. The molecular formula is C14H18N2OS. The lowest BCUT2D eigenvalue weighted by Crippen LogP contribution is -2.22. The van der Waals surface area contributed by atoms with Crippen LogP contribution in [-0.2, 0) is 11.3 Å². The van der Waals surface area contributed by atoms with Gasteiger partial charge in [0.25, 0.3) is 5.91 Å². The van der Waals surface area contributed by atoms with Gasteiger partial charge in [-0.3, -0.25) is 9.79 Å². The summed E-state index contributed by atoms with van der Waals surface area (Å²) in [6, 6.07) is 10.0. The van der Waals surface area contributed by atoms with Gasteiger partial charge < -0.3 is 4.90 Å². The molecule has 3 nitrogen and oxygen atoms in total. The van der Waals surface area contributed by atoms with Crippen LogP contribution in [0.15, 0.2) is 46.8 Å². The van der Waals surface area contributed by atoms with E-state index >= 15 is 0 Å². The quantitative estimate of drug-likeness (QED) is 0.475. The number of rotatable bonds is 4. The van der Waals surface area contributed by atoms with E-state index < -0.39 is 0 Å². The maximum Gasteiger partial charge on any atom is 0.259 e. The van der Waals surface area contributed by atoms with Gasteiger partial charge in [-0.2, -0.15) is 0 Å². The van der Waals surface area contributed by atoms with Crippen molar-refractivity contribution in [2.45, 2.75) is 13.5 Å². The number of aliphatic imine (C=N–C) groups is 1. The van der Waals surface area contributed by atoms with Crippen LogP contribution in [0.2, 0.25) is 0 Å². The van der Waals surface area contributed by atoms with Crippen molar-refractivity contribution in [1.82, 2.24) is 4.90 Å². The van der Waals surface area contributed by atoms with Gasteiger partial charge in [-0.05, 0) is 12.5 Å². The maximum atomic E-state index is 11.6. The number of carbonyl (C=O) groups excluding carboxylic acids is 1. The number of hydrogen-bond acceptors (Lipinski definition) is 3. The third-order valence-electron chi connectivity index (χ3n) is 2.24. The van der Waals surface area contributed by atoms with E-state index in [-0.39, 0.29) is 5.91 Å². The van der Waals surface area contributed by atoms with Crippen LogP contribution in [0, 0.1) is 0 Å². The molecule has 18 heavy (non-hydrogen) atoms. The first kappa shape index (κ1) is 14.5. The highest BCUT2D eigenvalue weighted by atomic mass is 32.2. The fourth-order valence-corrected chi connectivity index (χ4v) is 2.05. The van der Waals surface area contributed by atoms with Crippen molar-refractivity contribution in [2.75, 3.05) is 14.1 Å². The van der Waals surface area contributed by atoms with E-state index in [1.54, 1.807) is 14.1 Å². The average Bonchev–Trinajstić information content (AvgIpc) is 2.36. The first-order valence-electron chi connectivity index (χ1n) is 5.64. The van der Waals surface area contributed by atoms with Crippen molar-refractivity contribution in [3.8, 4) is 0 Å². The molecular weight excluding hydrogens is 244 g/mol. The van der Waals surface area contributed by atoms with Gasteiger partial charge in [0.05, 0.1) is 16.5 Å². The Morgan fingerprint density at radius 1 is 1.33 bits per heavy atom. The number of likely N-dealkylation sites (N-methyl/N-ethyl adjacent to an activating group) is 1. The highest BCUT2D eigenvalue weighted by molar-refractivity contribution is 8.17. The van der Waals surface area contributed by atoms with Gasteiger partial charge in [0.15, 0.2) is 0 Å². The van der Waals surface area contributed by atoms with E-state index in [1.807, 2.05) is 37.3 Å². The molecule has 0 aromatic heterocycles. The second-order valence-corrected chi connectivity index (χ2v) is 5.33. The summed E-state index contributed by atoms with van der Waals surface area (Å²) >= 11 is 1.32. The topological polar surface area (TPSA) is 32.7 Å². The molecule has 1 aromatic carbocycles. The van der Waals surface area contributed by atoms with Crippen molar-refractivity contribution in [1.29, 1.82) is 0 Å². The van der Waals surface area contributed by atoms with Gasteiger partial charge in [0.2, 0.25) is 0 Å². The molecule has 0 saturated heterocycles. The Kier molecular flexibility index (Phi) is 5.65. The standard InChI is InChI=1S/C14H18N2OS/c1-11(14(17)16(3)4)18-12(2)15-10-13-8-6-5-7-9-13/h5-9H,1,10H2,2-4H3. The van der Waals surface area contributed by atoms with Gasteiger partial charge in [-0.1, -0.05) is 48.7 Å². The second-order valence-electron chi connectivity index (χ2n) is 4.05. The highest BCUT2D eigenvalue weighted by Gasteiger charge is 2.10. The summed E-state index contributed by atoms with van der Waals surface area (Å²) in [6.07, 6.45) is 0. The number of thioether (sulfide) groups is 1. The molecule has 0 aliphatic heterocycles. The Labute approximate surface area is 113 Å². The van der Waals surface area contributed by atoms with Gasteiger partial charge in [-0.15, -0.1) is 0 Å². The average molecular weight is 262 g/mol. The van der Waals surface area contributed by atoms with Gasteiger partial charge in [-0.25, -0.2) is 0 Å². The molecule has 0 spiro atoms. The molecule has 0 bridgehead atoms. The van der Waals surface area contributed by atoms with Crippen LogP contribution < -0.4 is 0 Å². The zero-order valence-electron chi connectivity index (χ0n) is 11.0. The van der Waals surface area contributed by atoms with E-state index in [4.69, 9.17) is 0 Å². The van der Waals surface area contributed by atoms with Crippen LogP contribution in [0.1, 0.15) is 12.5 Å². The molecule has 0 unspecified atom stereocenters. The molecule has 0 saturated carbocycles. The lowest BCUT2D eigenvalue weighted by molar-refractivity contribution is -0.123. The third kappa shape index (κ3) is 4.75. The summed E-state index contributed by atoms with van der Waals surface area (Å²) in [6.45, 7) is 6.28. The minimum atomic E-state index is -0.0748. The molecule has 1 aromatic rings. The Morgan fingerprint density at radius 3 is 2.50 bits per heavy atom. The summed E-state index contributed by atoms with van der Waals surface area (Å²) in [5, 5.41) is 0.846. The predicted molar refractivity (Wildman–Crippen MR) is 78.7 cm³/mol. The maximum absolute atomic E-state index is 11.6. The van der Waals surface area contributed by atoms with E-state index in [1.165, 1.54) is 16.7 Å². The molecule has 0 aliphatic rings. The smallest absolute Gasteiger partial charge is 0.259 e. The molecule has 0 radical (unpaired) electrons. The SMILES string of the molecule is C=C(SC(C)=NCc1ccccc1)C(=O)N(C)C. The molecule has 0 heterocycles. The molecule has 1 rings (SSSR count). The minimum Gasteiger partial charge on any atom is -0.344 e. The molecule has 0 fully saturated rings. The number of amides is 1. The second kappa shape index (κ2) is 7.01. The molecule has 0 atom stereocenters.